The maximum Gasteiger partial charge on any atom is 0.204 e. The molecule has 1 aromatic heterocycles. The van der Waals surface area contributed by atoms with Crippen molar-refractivity contribution in [3.05, 3.63) is 3.95 Å². The molecule has 0 saturated carbocycles. The standard InChI is InChI=1S/C7H13N3O2S2/c1-11-4-5(12-2)3-8-6-9-10-7(13)14-6/h5H,3-4H2,1-2H3,(H,8,9)(H,10,13). The number of hydrogen-bond acceptors (Lipinski definition) is 6. The van der Waals surface area contributed by atoms with Gasteiger partial charge in [0, 0.05) is 20.8 Å². The number of aromatic nitrogens is 2. The molecule has 14 heavy (non-hydrogen) atoms. The molecule has 1 rings (SSSR count). The number of hydrogen-bond donors (Lipinski definition) is 2. The number of methoxy groups -OCH3 is 2. The Hall–Kier alpha value is -0.500. The Kier molecular flexibility index (Phi) is 5.02. The molecule has 0 aliphatic heterocycles. The first-order chi connectivity index (χ1) is 6.76. The molecule has 5 nitrogen and oxygen atoms in total. The van der Waals surface area contributed by atoms with E-state index in [9.17, 15) is 0 Å². The van der Waals surface area contributed by atoms with E-state index >= 15 is 0 Å². The molecule has 0 aliphatic carbocycles. The fraction of sp³-hybridized carbons (Fsp3) is 0.714. The molecule has 0 fully saturated rings. The van der Waals surface area contributed by atoms with Gasteiger partial charge in [-0.3, -0.25) is 5.10 Å². The molecule has 0 radical (unpaired) electrons. The monoisotopic (exact) mass is 235 g/mol. The number of aromatic amines is 1. The van der Waals surface area contributed by atoms with Gasteiger partial charge in [0.15, 0.2) is 3.95 Å². The Morgan fingerprint density at radius 3 is 2.93 bits per heavy atom. The minimum absolute atomic E-state index is 0.0254. The summed E-state index contributed by atoms with van der Waals surface area (Å²) in [5.74, 6) is 0. The summed E-state index contributed by atoms with van der Waals surface area (Å²) in [6, 6.07) is 0. The zero-order valence-corrected chi connectivity index (χ0v) is 9.70. The third kappa shape index (κ3) is 3.70. The third-order valence-corrected chi connectivity index (χ3v) is 2.65. The largest absolute Gasteiger partial charge is 0.382 e. The summed E-state index contributed by atoms with van der Waals surface area (Å²) in [6.07, 6.45) is 0.0254. The minimum Gasteiger partial charge on any atom is -0.382 e. The van der Waals surface area contributed by atoms with Gasteiger partial charge in [-0.2, -0.15) is 0 Å². The van der Waals surface area contributed by atoms with Crippen molar-refractivity contribution in [1.82, 2.24) is 10.2 Å². The van der Waals surface area contributed by atoms with Gasteiger partial charge in [-0.1, -0.05) is 11.3 Å². The highest BCUT2D eigenvalue weighted by atomic mass is 32.1. The van der Waals surface area contributed by atoms with Crippen LogP contribution in [0, 0.1) is 3.95 Å². The van der Waals surface area contributed by atoms with Crippen LogP contribution in [0.2, 0.25) is 0 Å². The number of rotatable bonds is 6. The maximum absolute atomic E-state index is 5.17. The van der Waals surface area contributed by atoms with E-state index in [0.29, 0.717) is 17.1 Å². The molecule has 1 aromatic rings. The van der Waals surface area contributed by atoms with E-state index in [4.69, 9.17) is 21.7 Å². The summed E-state index contributed by atoms with van der Waals surface area (Å²) in [5, 5.41) is 10.5. The van der Waals surface area contributed by atoms with Crippen molar-refractivity contribution < 1.29 is 9.47 Å². The fourth-order valence-corrected chi connectivity index (χ4v) is 1.70. The van der Waals surface area contributed by atoms with Crippen LogP contribution >= 0.6 is 23.6 Å². The van der Waals surface area contributed by atoms with Gasteiger partial charge in [-0.25, -0.2) is 0 Å². The van der Waals surface area contributed by atoms with Gasteiger partial charge < -0.3 is 14.8 Å². The Balaban J connectivity index is 2.35. The number of anilines is 1. The molecule has 7 heteroatoms. The van der Waals surface area contributed by atoms with Gasteiger partial charge in [0.25, 0.3) is 0 Å². The van der Waals surface area contributed by atoms with Crippen molar-refractivity contribution in [3.8, 4) is 0 Å². The second-order valence-electron chi connectivity index (χ2n) is 2.61. The first-order valence-corrected chi connectivity index (χ1v) is 5.30. The van der Waals surface area contributed by atoms with Crippen LogP contribution in [0.15, 0.2) is 0 Å². The molecule has 0 aliphatic rings. The average Bonchev–Trinajstić information content (AvgIpc) is 2.59. The van der Waals surface area contributed by atoms with E-state index in [1.54, 1.807) is 14.2 Å². The van der Waals surface area contributed by atoms with Crippen LogP contribution in [-0.4, -0.2) is 43.7 Å². The Morgan fingerprint density at radius 2 is 2.43 bits per heavy atom. The van der Waals surface area contributed by atoms with Gasteiger partial charge in [-0.05, 0) is 12.2 Å². The van der Waals surface area contributed by atoms with Crippen molar-refractivity contribution >= 4 is 28.7 Å². The van der Waals surface area contributed by atoms with Crippen LogP contribution in [-0.2, 0) is 9.47 Å². The van der Waals surface area contributed by atoms with Crippen molar-refractivity contribution in [3.63, 3.8) is 0 Å². The summed E-state index contributed by atoms with van der Waals surface area (Å²) < 4.78 is 10.8. The van der Waals surface area contributed by atoms with Crippen LogP contribution in [0.4, 0.5) is 5.13 Å². The predicted molar refractivity (Wildman–Crippen MR) is 58.5 cm³/mol. The maximum atomic E-state index is 5.17. The molecule has 1 atom stereocenters. The Bertz CT molecular complexity index is 312. The average molecular weight is 235 g/mol. The molecule has 0 bridgehead atoms. The smallest absolute Gasteiger partial charge is 0.204 e. The lowest BCUT2D eigenvalue weighted by Crippen LogP contribution is -2.26. The van der Waals surface area contributed by atoms with E-state index in [0.717, 1.165) is 5.13 Å². The molecule has 1 unspecified atom stereocenters. The number of nitrogens with zero attached hydrogens (tertiary/aromatic N) is 1. The van der Waals surface area contributed by atoms with Gasteiger partial charge in [0.2, 0.25) is 5.13 Å². The quantitative estimate of drug-likeness (QED) is 0.727. The lowest BCUT2D eigenvalue weighted by Gasteiger charge is -2.13. The zero-order chi connectivity index (χ0) is 10.4. The lowest BCUT2D eigenvalue weighted by molar-refractivity contribution is 0.0365. The lowest BCUT2D eigenvalue weighted by atomic mass is 10.4. The molecular weight excluding hydrogens is 222 g/mol. The van der Waals surface area contributed by atoms with E-state index in [2.05, 4.69) is 15.5 Å². The highest BCUT2D eigenvalue weighted by Gasteiger charge is 2.07. The summed E-state index contributed by atoms with van der Waals surface area (Å²) in [7, 11) is 3.29. The SMILES string of the molecule is COCC(CNc1n[nH]c(=S)s1)OC. The summed E-state index contributed by atoms with van der Waals surface area (Å²) in [4.78, 5) is 0. The van der Waals surface area contributed by atoms with Crippen LogP contribution in [0.25, 0.3) is 0 Å². The van der Waals surface area contributed by atoms with Crippen LogP contribution < -0.4 is 5.32 Å². The molecule has 0 saturated heterocycles. The Morgan fingerprint density at radius 1 is 1.64 bits per heavy atom. The summed E-state index contributed by atoms with van der Waals surface area (Å²) in [5.41, 5.74) is 0. The summed E-state index contributed by atoms with van der Waals surface area (Å²) in [6.45, 7) is 1.21. The number of ether oxygens (including phenoxy) is 2. The first-order valence-electron chi connectivity index (χ1n) is 4.07. The van der Waals surface area contributed by atoms with Crippen molar-refractivity contribution in [2.24, 2.45) is 0 Å². The minimum atomic E-state index is 0.0254. The van der Waals surface area contributed by atoms with Gasteiger partial charge in [0.1, 0.15) is 0 Å². The van der Waals surface area contributed by atoms with Crippen LogP contribution in [0.1, 0.15) is 0 Å². The topological polar surface area (TPSA) is 59.2 Å². The molecule has 0 spiro atoms. The normalized spacial score (nSPS) is 12.7. The predicted octanol–water partition coefficient (Wildman–Crippen LogP) is 1.27. The van der Waals surface area contributed by atoms with Crippen LogP contribution in [0.5, 0.6) is 0 Å². The molecule has 80 valence electrons. The van der Waals surface area contributed by atoms with Gasteiger partial charge in [0.05, 0.1) is 12.7 Å². The molecule has 1 heterocycles. The van der Waals surface area contributed by atoms with Crippen molar-refractivity contribution in [1.29, 1.82) is 0 Å². The van der Waals surface area contributed by atoms with E-state index in [1.165, 1.54) is 11.3 Å². The van der Waals surface area contributed by atoms with Crippen LogP contribution in [0.3, 0.4) is 0 Å². The fourth-order valence-electron chi connectivity index (χ4n) is 0.903. The second-order valence-corrected chi connectivity index (χ2v) is 4.28. The van der Waals surface area contributed by atoms with E-state index in [1.807, 2.05) is 0 Å². The van der Waals surface area contributed by atoms with E-state index in [-0.39, 0.29) is 6.10 Å². The first kappa shape index (κ1) is 11.6. The summed E-state index contributed by atoms with van der Waals surface area (Å²) >= 11 is 6.30. The third-order valence-electron chi connectivity index (χ3n) is 1.60. The molecule has 0 amide bonds. The van der Waals surface area contributed by atoms with Crippen molar-refractivity contribution in [2.45, 2.75) is 6.10 Å². The number of H-pyrrole nitrogens is 1. The van der Waals surface area contributed by atoms with E-state index < -0.39 is 0 Å². The zero-order valence-electron chi connectivity index (χ0n) is 8.07. The van der Waals surface area contributed by atoms with Gasteiger partial charge >= 0.3 is 0 Å². The number of nitrogens with one attached hydrogen (secondary N) is 2. The molecule has 0 aromatic carbocycles. The van der Waals surface area contributed by atoms with Gasteiger partial charge in [-0.15, -0.1) is 5.10 Å². The Labute approximate surface area is 91.4 Å². The highest BCUT2D eigenvalue weighted by molar-refractivity contribution is 7.73. The van der Waals surface area contributed by atoms with Crippen molar-refractivity contribution in [2.75, 3.05) is 32.7 Å². The second kappa shape index (κ2) is 6.07. The highest BCUT2D eigenvalue weighted by Crippen LogP contribution is 2.10. The molecular formula is C7H13N3O2S2. The molecule has 2 N–H and O–H groups in total.